The zero-order chi connectivity index (χ0) is 13.8. The van der Waals surface area contributed by atoms with Crippen LogP contribution in [0.15, 0.2) is 10.2 Å². The summed E-state index contributed by atoms with van der Waals surface area (Å²) in [6, 6.07) is 0. The molecule has 2 heterocycles. The summed E-state index contributed by atoms with van der Waals surface area (Å²) in [5.74, 6) is 1.34. The average Bonchev–Trinajstić information content (AvgIpc) is 2.95. The third-order valence-electron chi connectivity index (χ3n) is 2.12. The fraction of sp³-hybridized carbons (Fsp3) is 0.300. The van der Waals surface area contributed by atoms with Crippen LogP contribution in [0.2, 0.25) is 0 Å². The highest BCUT2D eigenvalue weighted by atomic mass is 32.1. The Morgan fingerprint density at radius 2 is 1.95 bits per heavy atom. The molecule has 1 N–H and O–H groups in total. The lowest BCUT2D eigenvalue weighted by Crippen LogP contribution is -1.89. The summed E-state index contributed by atoms with van der Waals surface area (Å²) in [6.45, 7) is 17.3. The Hall–Kier alpha value is -2.65. The number of H-pyrrole nitrogens is 1. The second-order valence-corrected chi connectivity index (χ2v) is 4.24. The van der Waals surface area contributed by atoms with Crippen molar-refractivity contribution >= 4 is 22.5 Å². The molecule has 2 aromatic heterocycles. The molecule has 0 amide bonds. The standard InChI is InChI=1S/C10H8N8S/c1-5-7(15-9(13-5)8(11-3)12-4)16-17-10-14-6(2)18-19-10/h8H,1-2H3,(H,13,15)/b17-16+. The van der Waals surface area contributed by atoms with Crippen molar-refractivity contribution in [2.24, 2.45) is 10.2 Å². The molecule has 8 nitrogen and oxygen atoms in total. The first-order chi connectivity index (χ1) is 9.13. The molecule has 0 fully saturated rings. The van der Waals surface area contributed by atoms with Gasteiger partial charge in [0.25, 0.3) is 5.82 Å². The van der Waals surface area contributed by atoms with E-state index in [1.54, 1.807) is 13.8 Å². The maximum atomic E-state index is 6.90. The Bertz CT molecular complexity index is 684. The van der Waals surface area contributed by atoms with Crippen molar-refractivity contribution < 1.29 is 0 Å². The van der Waals surface area contributed by atoms with Crippen LogP contribution in [0.4, 0.5) is 10.9 Å². The SMILES string of the molecule is [C-]#[N+]C([N+]#[C-])c1nc(C)c(/N=N/c2nc(C)ns2)[nH]1. The fourth-order valence-electron chi connectivity index (χ4n) is 1.26. The highest BCUT2D eigenvalue weighted by Gasteiger charge is 2.25. The summed E-state index contributed by atoms with van der Waals surface area (Å²) in [7, 11) is 0. The van der Waals surface area contributed by atoms with Gasteiger partial charge in [0.1, 0.15) is 5.82 Å². The van der Waals surface area contributed by atoms with E-state index in [-0.39, 0.29) is 5.82 Å². The van der Waals surface area contributed by atoms with Crippen molar-refractivity contribution in [3.05, 3.63) is 40.2 Å². The van der Waals surface area contributed by atoms with Crippen molar-refractivity contribution in [1.82, 2.24) is 19.3 Å². The Labute approximate surface area is 113 Å². The predicted molar refractivity (Wildman–Crippen MR) is 68.1 cm³/mol. The third-order valence-corrected chi connectivity index (χ3v) is 2.81. The monoisotopic (exact) mass is 272 g/mol. The number of nitrogens with zero attached hydrogens (tertiary/aromatic N) is 7. The number of aryl methyl sites for hydroxylation is 2. The summed E-state index contributed by atoms with van der Waals surface area (Å²) in [4.78, 5) is 17.3. The predicted octanol–water partition coefficient (Wildman–Crippen LogP) is 3.13. The van der Waals surface area contributed by atoms with Crippen molar-refractivity contribution in [3.8, 4) is 0 Å². The summed E-state index contributed by atoms with van der Waals surface area (Å²) in [5.41, 5.74) is 0.581. The summed E-state index contributed by atoms with van der Waals surface area (Å²) < 4.78 is 3.98. The van der Waals surface area contributed by atoms with E-state index >= 15 is 0 Å². The van der Waals surface area contributed by atoms with E-state index in [2.05, 4.69) is 39.2 Å². The molecular weight excluding hydrogens is 264 g/mol. The number of aromatic nitrogens is 4. The molecule has 0 unspecified atom stereocenters. The third kappa shape index (κ3) is 2.78. The molecule has 2 aromatic rings. The van der Waals surface area contributed by atoms with Gasteiger partial charge in [-0.3, -0.25) is 0 Å². The molecule has 19 heavy (non-hydrogen) atoms. The largest absolute Gasteiger partial charge is 0.534 e. The molecule has 0 saturated heterocycles. The van der Waals surface area contributed by atoms with Crippen LogP contribution in [-0.4, -0.2) is 19.3 Å². The van der Waals surface area contributed by atoms with Crippen LogP contribution in [0.25, 0.3) is 9.69 Å². The van der Waals surface area contributed by atoms with E-state index in [1.807, 2.05) is 0 Å². The molecular formula is C10H8N8S. The Balaban J connectivity index is 2.25. The summed E-state index contributed by atoms with van der Waals surface area (Å²) >= 11 is 1.14. The topological polar surface area (TPSA) is 87.9 Å². The van der Waals surface area contributed by atoms with Crippen LogP contribution < -0.4 is 0 Å². The molecule has 0 saturated carbocycles. The number of azo groups is 1. The van der Waals surface area contributed by atoms with Gasteiger partial charge in [0.2, 0.25) is 5.13 Å². The zero-order valence-electron chi connectivity index (χ0n) is 10.1. The number of imidazole rings is 1. The highest BCUT2D eigenvalue weighted by molar-refractivity contribution is 7.09. The molecule has 0 bridgehead atoms. The van der Waals surface area contributed by atoms with Crippen LogP contribution in [0, 0.1) is 27.0 Å². The van der Waals surface area contributed by atoms with Gasteiger partial charge in [0, 0.05) is 11.5 Å². The second kappa shape index (κ2) is 5.33. The van der Waals surface area contributed by atoms with Crippen molar-refractivity contribution in [2.75, 3.05) is 0 Å². The molecule has 0 aromatic carbocycles. The van der Waals surface area contributed by atoms with Gasteiger partial charge in [-0.2, -0.15) is 4.37 Å². The lowest BCUT2D eigenvalue weighted by Gasteiger charge is -1.86. The Morgan fingerprint density at radius 3 is 2.53 bits per heavy atom. The van der Waals surface area contributed by atoms with Gasteiger partial charge in [0.15, 0.2) is 5.82 Å². The number of hydrogen-bond donors (Lipinski definition) is 1. The first-order valence-corrected chi connectivity index (χ1v) is 5.93. The van der Waals surface area contributed by atoms with Crippen LogP contribution in [0.5, 0.6) is 0 Å². The van der Waals surface area contributed by atoms with E-state index in [0.717, 1.165) is 11.5 Å². The van der Waals surface area contributed by atoms with Crippen molar-refractivity contribution in [3.63, 3.8) is 0 Å². The van der Waals surface area contributed by atoms with Crippen molar-refractivity contribution in [2.45, 2.75) is 20.0 Å². The minimum atomic E-state index is -0.966. The lowest BCUT2D eigenvalue weighted by molar-refractivity contribution is 0.932. The van der Waals surface area contributed by atoms with Gasteiger partial charge >= 0.3 is 6.17 Å². The minimum absolute atomic E-state index is 0.282. The number of aromatic amines is 1. The quantitative estimate of drug-likeness (QED) is 0.687. The summed E-state index contributed by atoms with van der Waals surface area (Å²) in [5, 5.41) is 8.34. The summed E-state index contributed by atoms with van der Waals surface area (Å²) in [6.07, 6.45) is -0.966. The van der Waals surface area contributed by atoms with Gasteiger partial charge in [-0.1, -0.05) is 0 Å². The van der Waals surface area contributed by atoms with E-state index in [0.29, 0.717) is 22.5 Å². The normalized spacial score (nSPS) is 10.8. The van der Waals surface area contributed by atoms with E-state index in [4.69, 9.17) is 13.1 Å². The van der Waals surface area contributed by atoms with E-state index < -0.39 is 6.17 Å². The fourth-order valence-corrected chi connectivity index (χ4v) is 1.77. The maximum Gasteiger partial charge on any atom is 0.534 e. The molecule has 0 aliphatic rings. The number of rotatable bonds is 3. The Kier molecular flexibility index (Phi) is 3.59. The minimum Gasteiger partial charge on any atom is -0.311 e. The molecule has 0 aliphatic heterocycles. The highest BCUT2D eigenvalue weighted by Crippen LogP contribution is 2.24. The van der Waals surface area contributed by atoms with Gasteiger partial charge in [-0.15, -0.1) is 10.2 Å². The average molecular weight is 272 g/mol. The van der Waals surface area contributed by atoms with Gasteiger partial charge in [-0.25, -0.2) is 32.8 Å². The molecule has 2 rings (SSSR count). The molecule has 0 radical (unpaired) electrons. The van der Waals surface area contributed by atoms with Crippen LogP contribution in [-0.2, 0) is 0 Å². The second-order valence-electron chi connectivity index (χ2n) is 3.51. The first kappa shape index (κ1) is 12.8. The van der Waals surface area contributed by atoms with Crippen LogP contribution >= 0.6 is 11.5 Å². The molecule has 0 spiro atoms. The smallest absolute Gasteiger partial charge is 0.311 e. The van der Waals surface area contributed by atoms with Gasteiger partial charge in [0.05, 0.1) is 5.69 Å². The Morgan fingerprint density at radius 1 is 1.21 bits per heavy atom. The van der Waals surface area contributed by atoms with E-state index in [9.17, 15) is 0 Å². The van der Waals surface area contributed by atoms with Gasteiger partial charge in [-0.05, 0) is 13.8 Å². The molecule has 94 valence electrons. The lowest BCUT2D eigenvalue weighted by atomic mass is 10.5. The van der Waals surface area contributed by atoms with Gasteiger partial charge < -0.3 is 4.98 Å². The van der Waals surface area contributed by atoms with Crippen LogP contribution in [0.1, 0.15) is 23.5 Å². The number of hydrogen-bond acceptors (Lipinski definition) is 6. The first-order valence-electron chi connectivity index (χ1n) is 5.15. The molecule has 9 heteroatoms. The number of nitrogens with one attached hydrogen (secondary N) is 1. The molecule has 0 aliphatic carbocycles. The zero-order valence-corrected chi connectivity index (χ0v) is 10.9. The maximum absolute atomic E-state index is 6.90. The van der Waals surface area contributed by atoms with Crippen LogP contribution in [0.3, 0.4) is 0 Å². The van der Waals surface area contributed by atoms with E-state index in [1.165, 1.54) is 0 Å². The molecule has 0 atom stereocenters. The van der Waals surface area contributed by atoms with Crippen molar-refractivity contribution in [1.29, 1.82) is 0 Å².